The standard InChI is InChI=1S/C22H19ClN2O3S/c1-25(2)29(27,28)21-12-16(8-10-20(21)23)22(26)24-17-9-7-15-11-14-5-3-4-6-18(14)19(15)13-17/h3-10,12-13H,11H2,1-2H3,(H,24,26). The second-order valence-electron chi connectivity index (χ2n) is 7.09. The van der Waals surface area contributed by atoms with Gasteiger partial charge in [0.05, 0.1) is 5.02 Å². The van der Waals surface area contributed by atoms with Crippen LogP contribution in [0.25, 0.3) is 11.1 Å². The smallest absolute Gasteiger partial charge is 0.255 e. The van der Waals surface area contributed by atoms with Gasteiger partial charge in [-0.05, 0) is 59.0 Å². The number of sulfonamides is 1. The Bertz CT molecular complexity index is 1240. The first-order valence-corrected chi connectivity index (χ1v) is 10.8. The summed E-state index contributed by atoms with van der Waals surface area (Å²) in [7, 11) is -0.922. The van der Waals surface area contributed by atoms with E-state index < -0.39 is 15.9 Å². The number of benzene rings is 3. The number of rotatable bonds is 4. The lowest BCUT2D eigenvalue weighted by atomic mass is 10.1. The van der Waals surface area contributed by atoms with Crippen molar-refractivity contribution in [3.05, 3.63) is 82.4 Å². The SMILES string of the molecule is CN(C)S(=O)(=O)c1cc(C(=O)Nc2ccc3c(c2)-c2ccccc2C3)ccc1Cl. The lowest BCUT2D eigenvalue weighted by Gasteiger charge is -2.14. The first-order valence-electron chi connectivity index (χ1n) is 9.02. The van der Waals surface area contributed by atoms with Crippen LogP contribution < -0.4 is 5.32 Å². The van der Waals surface area contributed by atoms with Gasteiger partial charge in [-0.15, -0.1) is 0 Å². The van der Waals surface area contributed by atoms with E-state index in [0.29, 0.717) is 5.69 Å². The number of amides is 1. The molecule has 0 radical (unpaired) electrons. The Morgan fingerprint density at radius 1 is 0.966 bits per heavy atom. The molecule has 1 aliphatic rings. The van der Waals surface area contributed by atoms with Crippen molar-refractivity contribution in [2.45, 2.75) is 11.3 Å². The van der Waals surface area contributed by atoms with E-state index in [1.165, 1.54) is 49.0 Å². The highest BCUT2D eigenvalue weighted by Gasteiger charge is 2.23. The zero-order valence-electron chi connectivity index (χ0n) is 15.9. The predicted molar refractivity (Wildman–Crippen MR) is 115 cm³/mol. The molecule has 0 spiro atoms. The summed E-state index contributed by atoms with van der Waals surface area (Å²) in [6, 6.07) is 18.2. The Balaban J connectivity index is 1.64. The van der Waals surface area contributed by atoms with E-state index in [4.69, 9.17) is 11.6 Å². The third kappa shape index (κ3) is 3.55. The zero-order chi connectivity index (χ0) is 20.8. The number of halogens is 1. The molecule has 0 saturated heterocycles. The van der Waals surface area contributed by atoms with E-state index in [1.807, 2.05) is 30.3 Å². The van der Waals surface area contributed by atoms with Crippen LogP contribution in [0.3, 0.4) is 0 Å². The highest BCUT2D eigenvalue weighted by atomic mass is 35.5. The lowest BCUT2D eigenvalue weighted by molar-refractivity contribution is 0.102. The summed E-state index contributed by atoms with van der Waals surface area (Å²) in [6.45, 7) is 0. The highest BCUT2D eigenvalue weighted by molar-refractivity contribution is 7.89. The van der Waals surface area contributed by atoms with Gasteiger partial charge in [-0.3, -0.25) is 4.79 Å². The minimum absolute atomic E-state index is 0.0735. The summed E-state index contributed by atoms with van der Waals surface area (Å²) >= 11 is 6.06. The van der Waals surface area contributed by atoms with Gasteiger partial charge in [0.15, 0.2) is 0 Å². The molecular weight excluding hydrogens is 408 g/mol. The van der Waals surface area contributed by atoms with Crippen LogP contribution in [-0.2, 0) is 16.4 Å². The number of nitrogens with zero attached hydrogens (tertiary/aromatic N) is 1. The number of carbonyl (C=O) groups is 1. The second-order valence-corrected chi connectivity index (χ2v) is 9.62. The summed E-state index contributed by atoms with van der Waals surface area (Å²) in [4.78, 5) is 12.7. The Morgan fingerprint density at radius 2 is 1.69 bits per heavy atom. The van der Waals surface area contributed by atoms with E-state index in [-0.39, 0.29) is 15.5 Å². The maximum Gasteiger partial charge on any atom is 0.255 e. The van der Waals surface area contributed by atoms with Gasteiger partial charge in [0.2, 0.25) is 10.0 Å². The number of hydrogen-bond donors (Lipinski definition) is 1. The molecule has 3 aromatic carbocycles. The van der Waals surface area contributed by atoms with Crippen LogP contribution in [0.1, 0.15) is 21.5 Å². The molecule has 7 heteroatoms. The molecule has 0 aromatic heterocycles. The fraction of sp³-hybridized carbons (Fsp3) is 0.136. The summed E-state index contributed by atoms with van der Waals surface area (Å²) in [5.41, 5.74) is 5.63. The van der Waals surface area contributed by atoms with Crippen LogP contribution in [0.15, 0.2) is 65.6 Å². The molecule has 0 aliphatic heterocycles. The average molecular weight is 427 g/mol. The van der Waals surface area contributed by atoms with E-state index in [0.717, 1.165) is 16.3 Å². The van der Waals surface area contributed by atoms with Crippen LogP contribution >= 0.6 is 11.6 Å². The molecule has 4 rings (SSSR count). The van der Waals surface area contributed by atoms with Crippen LogP contribution in [0.4, 0.5) is 5.69 Å². The first kappa shape index (κ1) is 19.6. The van der Waals surface area contributed by atoms with Gasteiger partial charge in [0, 0.05) is 25.3 Å². The van der Waals surface area contributed by atoms with E-state index in [1.54, 1.807) is 0 Å². The van der Waals surface area contributed by atoms with E-state index in [2.05, 4.69) is 17.4 Å². The Labute approximate surface area is 175 Å². The van der Waals surface area contributed by atoms with Gasteiger partial charge in [-0.25, -0.2) is 12.7 Å². The van der Waals surface area contributed by atoms with Gasteiger partial charge in [0.25, 0.3) is 5.91 Å². The highest BCUT2D eigenvalue weighted by Crippen LogP contribution is 2.38. The van der Waals surface area contributed by atoms with Crippen molar-refractivity contribution in [3.8, 4) is 11.1 Å². The average Bonchev–Trinajstić information content (AvgIpc) is 3.06. The minimum atomic E-state index is -3.76. The van der Waals surface area contributed by atoms with Crippen LogP contribution in [-0.4, -0.2) is 32.7 Å². The number of carbonyl (C=O) groups excluding carboxylic acids is 1. The maximum absolute atomic E-state index is 12.8. The number of anilines is 1. The van der Waals surface area contributed by atoms with Crippen molar-refractivity contribution < 1.29 is 13.2 Å². The number of fused-ring (bicyclic) bond motifs is 3. The first-order chi connectivity index (χ1) is 13.8. The fourth-order valence-electron chi connectivity index (χ4n) is 3.44. The quantitative estimate of drug-likeness (QED) is 0.525. The maximum atomic E-state index is 12.8. The fourth-order valence-corrected chi connectivity index (χ4v) is 4.84. The van der Waals surface area contributed by atoms with Crippen LogP contribution in [0, 0.1) is 0 Å². The summed E-state index contributed by atoms with van der Waals surface area (Å²) in [5.74, 6) is -0.400. The van der Waals surface area contributed by atoms with Crippen LogP contribution in [0.2, 0.25) is 5.02 Å². The molecule has 1 amide bonds. The molecule has 1 aliphatic carbocycles. The molecule has 148 valence electrons. The third-order valence-corrected chi connectivity index (χ3v) is 7.30. The molecule has 0 bridgehead atoms. The zero-order valence-corrected chi connectivity index (χ0v) is 17.5. The van der Waals surface area contributed by atoms with Crippen molar-refractivity contribution in [1.82, 2.24) is 4.31 Å². The molecule has 0 atom stereocenters. The van der Waals surface area contributed by atoms with Crippen molar-refractivity contribution >= 4 is 33.2 Å². The van der Waals surface area contributed by atoms with Gasteiger partial charge in [-0.2, -0.15) is 0 Å². The number of nitrogens with one attached hydrogen (secondary N) is 1. The molecule has 0 unspecified atom stereocenters. The molecule has 3 aromatic rings. The predicted octanol–water partition coefficient (Wildman–Crippen LogP) is 4.41. The summed E-state index contributed by atoms with van der Waals surface area (Å²) in [5, 5.41) is 2.93. The van der Waals surface area contributed by atoms with Crippen molar-refractivity contribution in [3.63, 3.8) is 0 Å². The van der Waals surface area contributed by atoms with Crippen LogP contribution in [0.5, 0.6) is 0 Å². The summed E-state index contributed by atoms with van der Waals surface area (Å²) in [6.07, 6.45) is 0.878. The van der Waals surface area contributed by atoms with Crippen molar-refractivity contribution in [1.29, 1.82) is 0 Å². The molecule has 29 heavy (non-hydrogen) atoms. The molecular formula is C22H19ClN2O3S. The largest absolute Gasteiger partial charge is 0.322 e. The van der Waals surface area contributed by atoms with Crippen molar-refractivity contribution in [2.24, 2.45) is 0 Å². The normalized spacial score (nSPS) is 12.6. The Hall–Kier alpha value is -2.67. The lowest BCUT2D eigenvalue weighted by Crippen LogP contribution is -2.23. The van der Waals surface area contributed by atoms with Gasteiger partial charge in [0.1, 0.15) is 4.90 Å². The Morgan fingerprint density at radius 3 is 2.45 bits per heavy atom. The minimum Gasteiger partial charge on any atom is -0.322 e. The second kappa shape index (κ2) is 7.30. The molecule has 5 nitrogen and oxygen atoms in total. The number of hydrogen-bond acceptors (Lipinski definition) is 3. The Kier molecular flexibility index (Phi) is 4.94. The van der Waals surface area contributed by atoms with E-state index >= 15 is 0 Å². The molecule has 1 N–H and O–H groups in total. The summed E-state index contributed by atoms with van der Waals surface area (Å²) < 4.78 is 25.9. The topological polar surface area (TPSA) is 66.5 Å². The van der Waals surface area contributed by atoms with Gasteiger partial charge in [-0.1, -0.05) is 41.9 Å². The molecule has 0 heterocycles. The van der Waals surface area contributed by atoms with E-state index in [9.17, 15) is 13.2 Å². The van der Waals surface area contributed by atoms with Gasteiger partial charge >= 0.3 is 0 Å². The molecule has 0 fully saturated rings. The third-order valence-electron chi connectivity index (χ3n) is 5.01. The monoisotopic (exact) mass is 426 g/mol. The molecule has 0 saturated carbocycles. The van der Waals surface area contributed by atoms with Gasteiger partial charge < -0.3 is 5.32 Å². The van der Waals surface area contributed by atoms with Crippen molar-refractivity contribution in [2.75, 3.05) is 19.4 Å².